The first-order chi connectivity index (χ1) is 7.24. The molecule has 1 amide bonds. The van der Waals surface area contributed by atoms with E-state index >= 15 is 0 Å². The smallest absolute Gasteiger partial charge is 0.220 e. The molecule has 0 aromatic rings. The van der Waals surface area contributed by atoms with Gasteiger partial charge in [0.2, 0.25) is 5.91 Å². The molecular weight excluding hydrogens is 194 g/mol. The van der Waals surface area contributed by atoms with Crippen molar-refractivity contribution >= 4 is 5.91 Å². The lowest BCUT2D eigenvalue weighted by Gasteiger charge is -2.12. The zero-order valence-corrected chi connectivity index (χ0v) is 9.41. The summed E-state index contributed by atoms with van der Waals surface area (Å²) in [6, 6.07) is 0. The van der Waals surface area contributed by atoms with E-state index in [9.17, 15) is 4.79 Å². The molecule has 0 aromatic heterocycles. The predicted octanol–water partition coefficient (Wildman–Crippen LogP) is 0.915. The standard InChI is InChI=1S/C11H19NO3/c1-4-5-9-12-10(13)7-6-8-11(14-2)15-3/h1,11H,5-9H2,2-3H3,(H,12,13). The van der Waals surface area contributed by atoms with E-state index in [0.717, 1.165) is 12.8 Å². The van der Waals surface area contributed by atoms with Crippen molar-refractivity contribution in [2.45, 2.75) is 32.0 Å². The molecule has 0 atom stereocenters. The average molecular weight is 213 g/mol. The highest BCUT2D eigenvalue weighted by molar-refractivity contribution is 5.75. The number of rotatable bonds is 8. The SMILES string of the molecule is C#CCCNC(=O)CCCC(OC)OC. The zero-order chi connectivity index (χ0) is 11.5. The van der Waals surface area contributed by atoms with Crippen molar-refractivity contribution in [1.82, 2.24) is 5.32 Å². The summed E-state index contributed by atoms with van der Waals surface area (Å²) in [5, 5.41) is 2.73. The molecule has 4 nitrogen and oxygen atoms in total. The van der Waals surface area contributed by atoms with Gasteiger partial charge in [-0.2, -0.15) is 0 Å². The van der Waals surface area contributed by atoms with Crippen molar-refractivity contribution < 1.29 is 14.3 Å². The van der Waals surface area contributed by atoms with Gasteiger partial charge in [-0.05, 0) is 12.8 Å². The summed E-state index contributed by atoms with van der Waals surface area (Å²) in [5.74, 6) is 2.49. The molecule has 0 saturated heterocycles. The molecule has 0 heterocycles. The highest BCUT2D eigenvalue weighted by Crippen LogP contribution is 2.04. The molecule has 0 saturated carbocycles. The van der Waals surface area contributed by atoms with Crippen LogP contribution in [-0.4, -0.2) is 33.0 Å². The molecule has 4 heteroatoms. The molecule has 0 aliphatic rings. The summed E-state index contributed by atoms with van der Waals surface area (Å²) >= 11 is 0. The highest BCUT2D eigenvalue weighted by atomic mass is 16.7. The van der Waals surface area contributed by atoms with E-state index in [1.165, 1.54) is 0 Å². The number of carbonyl (C=O) groups is 1. The monoisotopic (exact) mass is 213 g/mol. The molecule has 0 spiro atoms. The van der Waals surface area contributed by atoms with Gasteiger partial charge < -0.3 is 14.8 Å². The predicted molar refractivity (Wildman–Crippen MR) is 58.1 cm³/mol. The maximum absolute atomic E-state index is 11.2. The van der Waals surface area contributed by atoms with Crippen LogP contribution in [-0.2, 0) is 14.3 Å². The molecule has 86 valence electrons. The summed E-state index contributed by atoms with van der Waals surface area (Å²) in [6.45, 7) is 0.549. The maximum atomic E-state index is 11.2. The number of ether oxygens (including phenoxy) is 2. The number of amides is 1. The van der Waals surface area contributed by atoms with E-state index in [4.69, 9.17) is 15.9 Å². The van der Waals surface area contributed by atoms with Crippen molar-refractivity contribution in [3.05, 3.63) is 0 Å². The number of hydrogen-bond acceptors (Lipinski definition) is 3. The molecule has 0 unspecified atom stereocenters. The molecule has 0 bridgehead atoms. The fraction of sp³-hybridized carbons (Fsp3) is 0.727. The first-order valence-corrected chi connectivity index (χ1v) is 5.00. The van der Waals surface area contributed by atoms with Crippen LogP contribution in [0.2, 0.25) is 0 Å². The van der Waals surface area contributed by atoms with Crippen LogP contribution < -0.4 is 5.32 Å². The minimum Gasteiger partial charge on any atom is -0.356 e. The van der Waals surface area contributed by atoms with Gasteiger partial charge in [0, 0.05) is 33.6 Å². The fourth-order valence-corrected chi connectivity index (χ4v) is 1.12. The molecule has 0 radical (unpaired) electrons. The van der Waals surface area contributed by atoms with Gasteiger partial charge in [-0.3, -0.25) is 4.79 Å². The first-order valence-electron chi connectivity index (χ1n) is 5.00. The third-order valence-electron chi connectivity index (χ3n) is 1.96. The molecule has 0 aliphatic carbocycles. The number of terminal acetylenes is 1. The first kappa shape index (κ1) is 13.9. The van der Waals surface area contributed by atoms with Crippen LogP contribution in [0.25, 0.3) is 0 Å². The van der Waals surface area contributed by atoms with Gasteiger partial charge in [0.15, 0.2) is 6.29 Å². The molecule has 0 aromatic carbocycles. The van der Waals surface area contributed by atoms with E-state index in [1.807, 2.05) is 0 Å². The summed E-state index contributed by atoms with van der Waals surface area (Å²) < 4.78 is 10.00. The Labute approximate surface area is 91.3 Å². The van der Waals surface area contributed by atoms with Crippen LogP contribution in [0.3, 0.4) is 0 Å². The summed E-state index contributed by atoms with van der Waals surface area (Å²) in [4.78, 5) is 11.2. The fourth-order valence-electron chi connectivity index (χ4n) is 1.12. The Kier molecular flexibility index (Phi) is 8.84. The van der Waals surface area contributed by atoms with Gasteiger partial charge in [-0.25, -0.2) is 0 Å². The zero-order valence-electron chi connectivity index (χ0n) is 9.41. The van der Waals surface area contributed by atoms with Gasteiger partial charge in [0.05, 0.1) is 0 Å². The summed E-state index contributed by atoms with van der Waals surface area (Å²) in [7, 11) is 3.17. The molecule has 0 aliphatic heterocycles. The van der Waals surface area contributed by atoms with Gasteiger partial charge in [0.25, 0.3) is 0 Å². The Morgan fingerprint density at radius 1 is 1.47 bits per heavy atom. The molecule has 0 fully saturated rings. The Bertz CT molecular complexity index is 206. The minimum atomic E-state index is -0.219. The Hall–Kier alpha value is -1.05. The molecule has 15 heavy (non-hydrogen) atoms. The van der Waals surface area contributed by atoms with Crippen LogP contribution in [0.1, 0.15) is 25.7 Å². The quantitative estimate of drug-likeness (QED) is 0.370. The van der Waals surface area contributed by atoms with Crippen LogP contribution in [0, 0.1) is 12.3 Å². The van der Waals surface area contributed by atoms with Crippen molar-refractivity contribution in [2.24, 2.45) is 0 Å². The second kappa shape index (κ2) is 9.50. The lowest BCUT2D eigenvalue weighted by Crippen LogP contribution is -2.24. The van der Waals surface area contributed by atoms with Crippen LogP contribution >= 0.6 is 0 Å². The Morgan fingerprint density at radius 2 is 2.13 bits per heavy atom. The van der Waals surface area contributed by atoms with Crippen LogP contribution in [0.4, 0.5) is 0 Å². The van der Waals surface area contributed by atoms with Crippen molar-refractivity contribution in [3.63, 3.8) is 0 Å². The molecule has 0 rings (SSSR count). The van der Waals surface area contributed by atoms with E-state index in [1.54, 1.807) is 14.2 Å². The second-order valence-electron chi connectivity index (χ2n) is 3.10. The minimum absolute atomic E-state index is 0.0243. The van der Waals surface area contributed by atoms with Crippen LogP contribution in [0.15, 0.2) is 0 Å². The van der Waals surface area contributed by atoms with Crippen molar-refractivity contribution in [3.8, 4) is 12.3 Å². The van der Waals surface area contributed by atoms with Gasteiger partial charge in [0.1, 0.15) is 0 Å². The van der Waals surface area contributed by atoms with E-state index < -0.39 is 0 Å². The second-order valence-corrected chi connectivity index (χ2v) is 3.10. The highest BCUT2D eigenvalue weighted by Gasteiger charge is 2.06. The normalized spacial score (nSPS) is 10.0. The lowest BCUT2D eigenvalue weighted by molar-refractivity contribution is -0.123. The van der Waals surface area contributed by atoms with Gasteiger partial charge in [-0.1, -0.05) is 0 Å². The van der Waals surface area contributed by atoms with Crippen molar-refractivity contribution in [1.29, 1.82) is 0 Å². The largest absolute Gasteiger partial charge is 0.356 e. The molecular formula is C11H19NO3. The van der Waals surface area contributed by atoms with E-state index in [-0.39, 0.29) is 12.2 Å². The van der Waals surface area contributed by atoms with Gasteiger partial charge >= 0.3 is 0 Å². The third kappa shape index (κ3) is 7.98. The number of hydrogen-bond donors (Lipinski definition) is 1. The number of methoxy groups -OCH3 is 2. The number of nitrogens with one attached hydrogen (secondary N) is 1. The summed E-state index contributed by atoms with van der Waals surface area (Å²) in [5.41, 5.74) is 0. The van der Waals surface area contributed by atoms with E-state index in [2.05, 4.69) is 11.2 Å². The molecule has 1 N–H and O–H groups in total. The average Bonchev–Trinajstić information content (AvgIpc) is 2.25. The number of carbonyl (C=O) groups excluding carboxylic acids is 1. The summed E-state index contributed by atoms with van der Waals surface area (Å²) in [6.07, 6.45) is 7.35. The van der Waals surface area contributed by atoms with Crippen LogP contribution in [0.5, 0.6) is 0 Å². The maximum Gasteiger partial charge on any atom is 0.220 e. The Balaban J connectivity index is 3.42. The van der Waals surface area contributed by atoms with E-state index in [0.29, 0.717) is 19.4 Å². The lowest BCUT2D eigenvalue weighted by atomic mass is 10.2. The Morgan fingerprint density at radius 3 is 2.67 bits per heavy atom. The topological polar surface area (TPSA) is 47.6 Å². The van der Waals surface area contributed by atoms with Crippen molar-refractivity contribution in [2.75, 3.05) is 20.8 Å². The van der Waals surface area contributed by atoms with Gasteiger partial charge in [-0.15, -0.1) is 12.3 Å². The third-order valence-corrected chi connectivity index (χ3v) is 1.96.